The van der Waals surface area contributed by atoms with Crippen molar-refractivity contribution >= 4 is 17.6 Å². The van der Waals surface area contributed by atoms with Crippen molar-refractivity contribution in [3.8, 4) is 0 Å². The molecule has 1 unspecified atom stereocenters. The molecule has 0 radical (unpaired) electrons. The van der Waals surface area contributed by atoms with Gasteiger partial charge in [0.2, 0.25) is 0 Å². The van der Waals surface area contributed by atoms with Crippen molar-refractivity contribution in [3.63, 3.8) is 0 Å². The summed E-state index contributed by atoms with van der Waals surface area (Å²) in [5.41, 5.74) is 0.441. The number of carbonyl (C=O) groups is 2. The van der Waals surface area contributed by atoms with Crippen molar-refractivity contribution in [2.24, 2.45) is 0 Å². The van der Waals surface area contributed by atoms with Gasteiger partial charge < -0.3 is 9.47 Å². The van der Waals surface area contributed by atoms with Crippen LogP contribution in [0.5, 0.6) is 0 Å². The standard InChI is InChI=1S/C11H9NO6/c1-17-10(13)5-9-8-4-6(12(15)16)2-3-7(8)11(14)18-9/h2-4,9H,5H2,1H3. The van der Waals surface area contributed by atoms with Gasteiger partial charge in [-0.15, -0.1) is 0 Å². The molecule has 2 rings (SSSR count). The highest BCUT2D eigenvalue weighted by atomic mass is 16.6. The van der Waals surface area contributed by atoms with E-state index < -0.39 is 23.0 Å². The predicted octanol–water partition coefficient (Wildman–Crippen LogP) is 1.37. The Morgan fingerprint density at radius 1 is 1.56 bits per heavy atom. The molecular weight excluding hydrogens is 242 g/mol. The molecule has 1 aliphatic rings. The van der Waals surface area contributed by atoms with Crippen LogP contribution in [0.2, 0.25) is 0 Å². The average Bonchev–Trinajstić information content (AvgIpc) is 2.65. The SMILES string of the molecule is COC(=O)CC1OC(=O)c2ccc([N+](=O)[O-])cc21. The van der Waals surface area contributed by atoms with Crippen LogP contribution in [-0.4, -0.2) is 24.0 Å². The lowest BCUT2D eigenvalue weighted by molar-refractivity contribution is -0.385. The highest BCUT2D eigenvalue weighted by Crippen LogP contribution is 2.35. The van der Waals surface area contributed by atoms with Crippen molar-refractivity contribution in [1.29, 1.82) is 0 Å². The van der Waals surface area contributed by atoms with Gasteiger partial charge in [0.15, 0.2) is 0 Å². The molecule has 0 bridgehead atoms. The van der Waals surface area contributed by atoms with E-state index in [9.17, 15) is 19.7 Å². The third-order valence-electron chi connectivity index (χ3n) is 2.64. The number of ether oxygens (including phenoxy) is 2. The minimum Gasteiger partial charge on any atom is -0.469 e. The first kappa shape index (κ1) is 12.0. The number of methoxy groups -OCH3 is 1. The van der Waals surface area contributed by atoms with Crippen LogP contribution in [-0.2, 0) is 14.3 Å². The highest BCUT2D eigenvalue weighted by molar-refractivity contribution is 5.95. The van der Waals surface area contributed by atoms with E-state index in [1.165, 1.54) is 25.3 Å². The van der Waals surface area contributed by atoms with Crippen LogP contribution in [0.3, 0.4) is 0 Å². The molecule has 1 aromatic carbocycles. The molecule has 7 heteroatoms. The Hall–Kier alpha value is -2.44. The zero-order valence-electron chi connectivity index (χ0n) is 9.41. The fourth-order valence-electron chi connectivity index (χ4n) is 1.76. The molecule has 0 aromatic heterocycles. The molecule has 0 saturated heterocycles. The Bertz CT molecular complexity index is 538. The molecule has 0 N–H and O–H groups in total. The Labute approximate surface area is 101 Å². The largest absolute Gasteiger partial charge is 0.469 e. The number of cyclic esters (lactones) is 1. The summed E-state index contributed by atoms with van der Waals surface area (Å²) in [6.07, 6.45) is -0.976. The molecule has 1 aliphatic heterocycles. The number of nitro groups is 1. The summed E-state index contributed by atoms with van der Waals surface area (Å²) >= 11 is 0. The predicted molar refractivity (Wildman–Crippen MR) is 57.9 cm³/mol. The number of carbonyl (C=O) groups excluding carboxylic acids is 2. The van der Waals surface area contributed by atoms with E-state index in [2.05, 4.69) is 4.74 Å². The summed E-state index contributed by atoms with van der Waals surface area (Å²) in [6, 6.07) is 3.79. The Balaban J connectivity index is 2.36. The lowest BCUT2D eigenvalue weighted by atomic mass is 10.0. The van der Waals surface area contributed by atoms with Crippen molar-refractivity contribution in [2.75, 3.05) is 7.11 Å². The average molecular weight is 251 g/mol. The maximum atomic E-state index is 11.5. The second-order valence-electron chi connectivity index (χ2n) is 3.70. The second-order valence-corrected chi connectivity index (χ2v) is 3.70. The Kier molecular flexibility index (Phi) is 2.97. The van der Waals surface area contributed by atoms with Gasteiger partial charge in [0.25, 0.3) is 5.69 Å². The number of hydrogen-bond acceptors (Lipinski definition) is 6. The lowest BCUT2D eigenvalue weighted by Gasteiger charge is -2.08. The topological polar surface area (TPSA) is 95.7 Å². The summed E-state index contributed by atoms with van der Waals surface area (Å²) in [5, 5.41) is 10.7. The number of hydrogen-bond donors (Lipinski definition) is 0. The number of nitro benzene ring substituents is 1. The number of fused-ring (bicyclic) bond motifs is 1. The van der Waals surface area contributed by atoms with Gasteiger partial charge >= 0.3 is 11.9 Å². The van der Waals surface area contributed by atoms with E-state index in [-0.39, 0.29) is 17.7 Å². The molecule has 1 aromatic rings. The summed E-state index contributed by atoms with van der Waals surface area (Å²) in [6.45, 7) is 0. The van der Waals surface area contributed by atoms with Gasteiger partial charge in [0.1, 0.15) is 6.10 Å². The van der Waals surface area contributed by atoms with E-state index in [4.69, 9.17) is 4.74 Å². The molecular formula is C11H9NO6. The zero-order chi connectivity index (χ0) is 13.3. The first-order valence-corrected chi connectivity index (χ1v) is 5.09. The highest BCUT2D eigenvalue weighted by Gasteiger charge is 2.34. The fraction of sp³-hybridized carbons (Fsp3) is 0.273. The Morgan fingerprint density at radius 2 is 2.28 bits per heavy atom. The van der Waals surface area contributed by atoms with Crippen LogP contribution in [0, 0.1) is 10.1 Å². The van der Waals surface area contributed by atoms with Crippen LogP contribution in [0.15, 0.2) is 18.2 Å². The quantitative estimate of drug-likeness (QED) is 0.457. The van der Waals surface area contributed by atoms with Gasteiger partial charge in [-0.3, -0.25) is 14.9 Å². The molecule has 0 aliphatic carbocycles. The third-order valence-corrected chi connectivity index (χ3v) is 2.64. The van der Waals surface area contributed by atoms with Crippen molar-refractivity contribution in [2.45, 2.75) is 12.5 Å². The minimum absolute atomic E-state index is 0.151. The maximum Gasteiger partial charge on any atom is 0.339 e. The van der Waals surface area contributed by atoms with Gasteiger partial charge in [0.05, 0.1) is 24.0 Å². The van der Waals surface area contributed by atoms with Crippen molar-refractivity contribution < 1.29 is 24.0 Å². The number of nitrogens with zero attached hydrogens (tertiary/aromatic N) is 1. The monoisotopic (exact) mass is 251 g/mol. The first-order valence-electron chi connectivity index (χ1n) is 5.09. The van der Waals surface area contributed by atoms with Crippen LogP contribution in [0.25, 0.3) is 0 Å². The molecule has 94 valence electrons. The van der Waals surface area contributed by atoms with E-state index in [1.54, 1.807) is 0 Å². The molecule has 0 amide bonds. The van der Waals surface area contributed by atoms with Gasteiger partial charge in [-0.05, 0) is 6.07 Å². The summed E-state index contributed by atoms with van der Waals surface area (Å²) < 4.78 is 9.45. The molecule has 0 spiro atoms. The summed E-state index contributed by atoms with van der Waals surface area (Å²) in [4.78, 5) is 32.7. The number of esters is 2. The van der Waals surface area contributed by atoms with E-state index in [0.29, 0.717) is 5.56 Å². The Morgan fingerprint density at radius 3 is 2.89 bits per heavy atom. The number of non-ortho nitro benzene ring substituents is 1. The van der Waals surface area contributed by atoms with Gasteiger partial charge in [-0.25, -0.2) is 4.79 Å². The summed E-state index contributed by atoms with van der Waals surface area (Å²) in [5.74, 6) is -1.14. The van der Waals surface area contributed by atoms with Gasteiger partial charge in [-0.2, -0.15) is 0 Å². The lowest BCUT2D eigenvalue weighted by Crippen LogP contribution is -2.08. The van der Waals surface area contributed by atoms with Crippen LogP contribution >= 0.6 is 0 Å². The first-order chi connectivity index (χ1) is 8.52. The number of rotatable bonds is 3. The molecule has 0 saturated carbocycles. The molecule has 7 nitrogen and oxygen atoms in total. The molecule has 1 atom stereocenters. The molecule has 0 fully saturated rings. The zero-order valence-corrected chi connectivity index (χ0v) is 9.41. The van der Waals surface area contributed by atoms with E-state index in [1.807, 2.05) is 0 Å². The minimum atomic E-state index is -0.820. The third kappa shape index (κ3) is 2.02. The van der Waals surface area contributed by atoms with Crippen LogP contribution in [0.1, 0.15) is 28.4 Å². The normalized spacial score (nSPS) is 16.9. The van der Waals surface area contributed by atoms with E-state index in [0.717, 1.165) is 0 Å². The molecule has 1 heterocycles. The smallest absolute Gasteiger partial charge is 0.339 e. The van der Waals surface area contributed by atoms with Gasteiger partial charge in [0, 0.05) is 17.7 Å². The van der Waals surface area contributed by atoms with Crippen LogP contribution in [0.4, 0.5) is 5.69 Å². The fourth-order valence-corrected chi connectivity index (χ4v) is 1.76. The van der Waals surface area contributed by atoms with E-state index >= 15 is 0 Å². The molecule has 18 heavy (non-hydrogen) atoms. The number of benzene rings is 1. The van der Waals surface area contributed by atoms with Crippen LogP contribution < -0.4 is 0 Å². The summed E-state index contributed by atoms with van der Waals surface area (Å²) in [7, 11) is 1.22. The van der Waals surface area contributed by atoms with Gasteiger partial charge in [-0.1, -0.05) is 0 Å². The maximum absolute atomic E-state index is 11.5. The van der Waals surface area contributed by atoms with Crippen molar-refractivity contribution in [3.05, 3.63) is 39.4 Å². The van der Waals surface area contributed by atoms with Crippen molar-refractivity contribution in [1.82, 2.24) is 0 Å². The second kappa shape index (κ2) is 4.44.